The summed E-state index contributed by atoms with van der Waals surface area (Å²) in [5.74, 6) is 0.516. The van der Waals surface area contributed by atoms with Crippen molar-refractivity contribution in [3.05, 3.63) is 29.6 Å². The zero-order chi connectivity index (χ0) is 12.6. The third-order valence-corrected chi connectivity index (χ3v) is 2.62. The third-order valence-electron chi connectivity index (χ3n) is 2.62. The molecule has 1 unspecified atom stereocenters. The number of aromatic nitrogens is 2. The number of rotatable bonds is 2. The van der Waals surface area contributed by atoms with E-state index in [0.717, 1.165) is 12.1 Å². The van der Waals surface area contributed by atoms with Gasteiger partial charge in [0.05, 0.1) is 22.6 Å². The lowest BCUT2D eigenvalue weighted by molar-refractivity contribution is -0.137. The van der Waals surface area contributed by atoms with Gasteiger partial charge in [-0.1, -0.05) is 6.92 Å². The fraction of sp³-hybridized carbons (Fsp3) is 0.364. The molecule has 0 bridgehead atoms. The number of nitrogens with zero attached hydrogens (tertiary/aromatic N) is 1. The van der Waals surface area contributed by atoms with E-state index in [1.54, 1.807) is 0 Å². The van der Waals surface area contributed by atoms with Crippen LogP contribution in [0.5, 0.6) is 0 Å². The SMILES string of the molecule is CCC(N)c1nc2ccc(C(F)(F)F)cc2[nH]1. The Hall–Kier alpha value is -1.56. The Bertz CT molecular complexity index is 530. The van der Waals surface area contributed by atoms with Crippen molar-refractivity contribution in [2.45, 2.75) is 25.6 Å². The van der Waals surface area contributed by atoms with Crippen LogP contribution in [0.4, 0.5) is 13.2 Å². The molecule has 0 spiro atoms. The van der Waals surface area contributed by atoms with Gasteiger partial charge in [-0.05, 0) is 24.6 Å². The van der Waals surface area contributed by atoms with Gasteiger partial charge in [-0.15, -0.1) is 0 Å². The lowest BCUT2D eigenvalue weighted by Crippen LogP contribution is -2.10. The molecule has 0 aliphatic carbocycles. The summed E-state index contributed by atoms with van der Waals surface area (Å²) in [4.78, 5) is 6.98. The molecule has 0 aliphatic heterocycles. The summed E-state index contributed by atoms with van der Waals surface area (Å²) >= 11 is 0. The van der Waals surface area contributed by atoms with Crippen LogP contribution in [0.2, 0.25) is 0 Å². The predicted molar refractivity (Wildman–Crippen MR) is 58.3 cm³/mol. The largest absolute Gasteiger partial charge is 0.416 e. The van der Waals surface area contributed by atoms with Gasteiger partial charge in [0.25, 0.3) is 0 Å². The average molecular weight is 243 g/mol. The highest BCUT2D eigenvalue weighted by atomic mass is 19.4. The van der Waals surface area contributed by atoms with E-state index in [4.69, 9.17) is 5.73 Å². The normalized spacial score (nSPS) is 14.2. The van der Waals surface area contributed by atoms with E-state index in [0.29, 0.717) is 23.3 Å². The van der Waals surface area contributed by atoms with E-state index in [1.165, 1.54) is 6.07 Å². The van der Waals surface area contributed by atoms with Gasteiger partial charge in [0, 0.05) is 0 Å². The van der Waals surface area contributed by atoms with Crippen molar-refractivity contribution in [2.24, 2.45) is 5.73 Å². The number of benzene rings is 1. The average Bonchev–Trinajstić information content (AvgIpc) is 2.69. The Morgan fingerprint density at radius 1 is 1.41 bits per heavy atom. The van der Waals surface area contributed by atoms with Crippen LogP contribution in [-0.4, -0.2) is 9.97 Å². The second-order valence-electron chi connectivity index (χ2n) is 3.87. The number of halogens is 3. The second-order valence-corrected chi connectivity index (χ2v) is 3.87. The monoisotopic (exact) mass is 243 g/mol. The fourth-order valence-electron chi connectivity index (χ4n) is 1.57. The van der Waals surface area contributed by atoms with E-state index in [2.05, 4.69) is 9.97 Å². The highest BCUT2D eigenvalue weighted by molar-refractivity contribution is 5.76. The van der Waals surface area contributed by atoms with Gasteiger partial charge in [-0.25, -0.2) is 4.98 Å². The molecule has 3 nitrogen and oxygen atoms in total. The Morgan fingerprint density at radius 2 is 2.12 bits per heavy atom. The molecule has 1 heterocycles. The molecule has 92 valence electrons. The first kappa shape index (κ1) is 11.9. The van der Waals surface area contributed by atoms with Crippen LogP contribution in [-0.2, 0) is 6.18 Å². The van der Waals surface area contributed by atoms with Gasteiger partial charge < -0.3 is 10.7 Å². The molecule has 0 aliphatic rings. The molecule has 1 aromatic heterocycles. The first-order valence-electron chi connectivity index (χ1n) is 5.24. The molecule has 3 N–H and O–H groups in total. The minimum absolute atomic E-state index is 0.281. The summed E-state index contributed by atoms with van der Waals surface area (Å²) in [6.45, 7) is 1.89. The maximum Gasteiger partial charge on any atom is 0.416 e. The molecule has 1 aromatic carbocycles. The molecule has 2 aromatic rings. The molecular formula is C11H12F3N3. The van der Waals surface area contributed by atoms with Gasteiger partial charge >= 0.3 is 6.18 Å². The second kappa shape index (κ2) is 4.03. The lowest BCUT2D eigenvalue weighted by atomic mass is 10.2. The Morgan fingerprint density at radius 3 is 2.71 bits per heavy atom. The van der Waals surface area contributed by atoms with Crippen molar-refractivity contribution in [1.29, 1.82) is 0 Å². The Kier molecular flexibility index (Phi) is 2.82. The Balaban J connectivity index is 2.48. The van der Waals surface area contributed by atoms with Crippen molar-refractivity contribution < 1.29 is 13.2 Å². The molecule has 0 amide bonds. The number of alkyl halides is 3. The number of hydrogen-bond donors (Lipinski definition) is 2. The molecule has 0 radical (unpaired) electrons. The summed E-state index contributed by atoms with van der Waals surface area (Å²) in [5, 5.41) is 0. The van der Waals surface area contributed by atoms with Crippen molar-refractivity contribution in [3.8, 4) is 0 Å². The third kappa shape index (κ3) is 2.26. The molecule has 0 saturated carbocycles. The quantitative estimate of drug-likeness (QED) is 0.851. The van der Waals surface area contributed by atoms with Crippen LogP contribution in [0.1, 0.15) is 30.8 Å². The molecule has 1 atom stereocenters. The maximum atomic E-state index is 12.5. The smallest absolute Gasteiger partial charge is 0.341 e. The summed E-state index contributed by atoms with van der Waals surface area (Å²) in [6, 6.07) is 3.14. The topological polar surface area (TPSA) is 54.7 Å². The number of fused-ring (bicyclic) bond motifs is 1. The standard InChI is InChI=1S/C11H12F3N3/c1-2-7(15)10-16-8-4-3-6(11(12,13)14)5-9(8)17-10/h3-5,7H,2,15H2,1H3,(H,16,17). The minimum atomic E-state index is -4.34. The van der Waals surface area contributed by atoms with Crippen molar-refractivity contribution in [3.63, 3.8) is 0 Å². The zero-order valence-electron chi connectivity index (χ0n) is 9.17. The molecule has 2 rings (SSSR count). The van der Waals surface area contributed by atoms with E-state index in [9.17, 15) is 13.2 Å². The minimum Gasteiger partial charge on any atom is -0.341 e. The van der Waals surface area contributed by atoms with E-state index in [-0.39, 0.29) is 6.04 Å². The maximum absolute atomic E-state index is 12.5. The molecule has 6 heteroatoms. The highest BCUT2D eigenvalue weighted by Crippen LogP contribution is 2.31. The van der Waals surface area contributed by atoms with Crippen LogP contribution < -0.4 is 5.73 Å². The van der Waals surface area contributed by atoms with Gasteiger partial charge in [0.2, 0.25) is 0 Å². The van der Waals surface area contributed by atoms with Crippen molar-refractivity contribution in [2.75, 3.05) is 0 Å². The Labute approximate surface area is 95.8 Å². The predicted octanol–water partition coefficient (Wildman–Crippen LogP) is 2.99. The lowest BCUT2D eigenvalue weighted by Gasteiger charge is -2.05. The summed E-state index contributed by atoms with van der Waals surface area (Å²) < 4.78 is 37.5. The zero-order valence-corrected chi connectivity index (χ0v) is 9.17. The van der Waals surface area contributed by atoms with Crippen molar-refractivity contribution in [1.82, 2.24) is 9.97 Å². The van der Waals surface area contributed by atoms with Crippen LogP contribution in [0.25, 0.3) is 11.0 Å². The number of H-pyrrole nitrogens is 1. The number of aromatic amines is 1. The first-order valence-corrected chi connectivity index (χ1v) is 5.24. The van der Waals surface area contributed by atoms with Gasteiger partial charge in [0.1, 0.15) is 5.82 Å². The van der Waals surface area contributed by atoms with E-state index >= 15 is 0 Å². The first-order chi connectivity index (χ1) is 7.91. The van der Waals surface area contributed by atoms with Crippen LogP contribution in [0.3, 0.4) is 0 Å². The summed E-state index contributed by atoms with van der Waals surface area (Å²) in [5.41, 5.74) is 5.93. The number of hydrogen-bond acceptors (Lipinski definition) is 2. The number of nitrogens with one attached hydrogen (secondary N) is 1. The molecule has 0 fully saturated rings. The van der Waals surface area contributed by atoms with E-state index < -0.39 is 11.7 Å². The molecule has 0 saturated heterocycles. The molecular weight excluding hydrogens is 231 g/mol. The van der Waals surface area contributed by atoms with Crippen molar-refractivity contribution >= 4 is 11.0 Å². The van der Waals surface area contributed by atoms with Gasteiger partial charge in [0.15, 0.2) is 0 Å². The summed E-state index contributed by atoms with van der Waals surface area (Å²) in [6.07, 6.45) is -3.67. The summed E-state index contributed by atoms with van der Waals surface area (Å²) in [7, 11) is 0. The van der Waals surface area contributed by atoms with Crippen LogP contribution in [0, 0.1) is 0 Å². The fourth-order valence-corrected chi connectivity index (χ4v) is 1.57. The number of imidazole rings is 1. The highest BCUT2D eigenvalue weighted by Gasteiger charge is 2.30. The van der Waals surface area contributed by atoms with Crippen LogP contribution >= 0.6 is 0 Å². The van der Waals surface area contributed by atoms with Crippen LogP contribution in [0.15, 0.2) is 18.2 Å². The van der Waals surface area contributed by atoms with Gasteiger partial charge in [-0.3, -0.25) is 0 Å². The molecule has 17 heavy (non-hydrogen) atoms. The van der Waals surface area contributed by atoms with E-state index in [1.807, 2.05) is 6.92 Å². The number of nitrogens with two attached hydrogens (primary N) is 1. The van der Waals surface area contributed by atoms with Gasteiger partial charge in [-0.2, -0.15) is 13.2 Å².